The van der Waals surface area contributed by atoms with Gasteiger partial charge in [-0.1, -0.05) is 30.3 Å². The van der Waals surface area contributed by atoms with E-state index in [0.29, 0.717) is 22.9 Å². The first-order chi connectivity index (χ1) is 16.4. The van der Waals surface area contributed by atoms with Crippen molar-refractivity contribution >= 4 is 29.0 Å². The molecule has 0 bridgehead atoms. The third-order valence-electron chi connectivity index (χ3n) is 5.38. The van der Waals surface area contributed by atoms with Crippen LogP contribution in [0.1, 0.15) is 32.9 Å². The van der Waals surface area contributed by atoms with E-state index >= 15 is 0 Å². The predicted molar refractivity (Wildman–Crippen MR) is 127 cm³/mol. The molecule has 1 aromatic carbocycles. The molecule has 0 fully saturated rings. The van der Waals surface area contributed by atoms with Crippen LogP contribution in [0.15, 0.2) is 48.1 Å². The lowest BCUT2D eigenvalue weighted by molar-refractivity contribution is -0.119. The molecule has 0 aliphatic heterocycles. The summed E-state index contributed by atoms with van der Waals surface area (Å²) in [6.07, 6.45) is 3.45. The Labute approximate surface area is 200 Å². The van der Waals surface area contributed by atoms with E-state index in [1.807, 2.05) is 48.7 Å². The summed E-state index contributed by atoms with van der Waals surface area (Å²) in [6.45, 7) is 3.72. The minimum atomic E-state index is -0.700. The van der Waals surface area contributed by atoms with Crippen LogP contribution in [0, 0.1) is 25.2 Å². The molecule has 0 atom stereocenters. The summed E-state index contributed by atoms with van der Waals surface area (Å²) in [6, 6.07) is 11.9. The van der Waals surface area contributed by atoms with E-state index in [-0.39, 0.29) is 5.69 Å². The van der Waals surface area contributed by atoms with Crippen molar-refractivity contribution in [1.29, 1.82) is 5.26 Å². The first kappa shape index (κ1) is 22.9. The number of carbonyl (C=O) groups is 2. The number of nitrogens with zero attached hydrogens (tertiary/aromatic N) is 5. The van der Waals surface area contributed by atoms with Crippen LogP contribution in [0.25, 0.3) is 10.6 Å². The Hall–Kier alpha value is -4.23. The Bertz CT molecular complexity index is 1390. The summed E-state index contributed by atoms with van der Waals surface area (Å²) >= 11 is 1.29. The van der Waals surface area contributed by atoms with Gasteiger partial charge in [-0.3, -0.25) is 9.48 Å². The van der Waals surface area contributed by atoms with Gasteiger partial charge in [-0.25, -0.2) is 9.78 Å². The van der Waals surface area contributed by atoms with Gasteiger partial charge in [-0.2, -0.15) is 10.4 Å². The number of aromatic nitrogens is 4. The van der Waals surface area contributed by atoms with Gasteiger partial charge >= 0.3 is 5.97 Å². The summed E-state index contributed by atoms with van der Waals surface area (Å²) in [7, 11) is 1.79. The number of ether oxygens (including phenoxy) is 1. The van der Waals surface area contributed by atoms with Gasteiger partial charge in [0.25, 0.3) is 5.91 Å². The van der Waals surface area contributed by atoms with E-state index < -0.39 is 18.5 Å². The number of aryl methyl sites for hydroxylation is 1. The molecule has 172 valence electrons. The number of benzene rings is 1. The molecule has 0 radical (unpaired) electrons. The Kier molecular flexibility index (Phi) is 6.56. The first-order valence-corrected chi connectivity index (χ1v) is 11.3. The van der Waals surface area contributed by atoms with E-state index in [1.165, 1.54) is 11.3 Å². The number of nitriles is 1. The van der Waals surface area contributed by atoms with E-state index in [0.717, 1.165) is 22.4 Å². The van der Waals surface area contributed by atoms with Gasteiger partial charge in [0, 0.05) is 36.4 Å². The molecular weight excluding hydrogens is 452 g/mol. The van der Waals surface area contributed by atoms with Crippen molar-refractivity contribution in [3.63, 3.8) is 0 Å². The molecule has 4 rings (SSSR count). The lowest BCUT2D eigenvalue weighted by atomic mass is 10.2. The molecular formula is C24H22N6O3S. The second kappa shape index (κ2) is 9.72. The summed E-state index contributed by atoms with van der Waals surface area (Å²) in [4.78, 5) is 29.3. The summed E-state index contributed by atoms with van der Waals surface area (Å²) in [5, 5.41) is 18.7. The molecule has 0 saturated heterocycles. The molecule has 0 aliphatic carbocycles. The molecule has 9 nitrogen and oxygen atoms in total. The monoisotopic (exact) mass is 474 g/mol. The lowest BCUT2D eigenvalue weighted by Gasteiger charge is -2.13. The zero-order chi connectivity index (χ0) is 24.2. The number of amides is 1. The van der Waals surface area contributed by atoms with Crippen LogP contribution in [0.5, 0.6) is 0 Å². The second-order valence-corrected chi connectivity index (χ2v) is 8.54. The number of esters is 1. The average molecular weight is 475 g/mol. The Morgan fingerprint density at radius 1 is 1.24 bits per heavy atom. The van der Waals surface area contributed by atoms with Crippen molar-refractivity contribution in [2.24, 2.45) is 7.05 Å². The molecule has 1 amide bonds. The normalized spacial score (nSPS) is 10.6. The maximum Gasteiger partial charge on any atom is 0.358 e. The minimum Gasteiger partial charge on any atom is -0.451 e. The van der Waals surface area contributed by atoms with Gasteiger partial charge in [0.05, 0.1) is 11.8 Å². The number of rotatable bonds is 7. The highest BCUT2D eigenvalue weighted by Gasteiger charge is 2.21. The maximum absolute atomic E-state index is 12.6. The summed E-state index contributed by atoms with van der Waals surface area (Å²) < 4.78 is 8.69. The van der Waals surface area contributed by atoms with Crippen LogP contribution in [0.2, 0.25) is 0 Å². The molecule has 0 spiro atoms. The summed E-state index contributed by atoms with van der Waals surface area (Å²) in [5.41, 5.74) is 3.98. The van der Waals surface area contributed by atoms with Gasteiger partial charge in [-0.15, -0.1) is 11.3 Å². The van der Waals surface area contributed by atoms with E-state index in [9.17, 15) is 14.9 Å². The maximum atomic E-state index is 12.6. The fourth-order valence-corrected chi connectivity index (χ4v) is 4.26. The second-order valence-electron chi connectivity index (χ2n) is 7.68. The van der Waals surface area contributed by atoms with Crippen LogP contribution in [0.4, 0.5) is 5.82 Å². The first-order valence-electron chi connectivity index (χ1n) is 10.4. The molecule has 3 aromatic heterocycles. The lowest BCUT2D eigenvalue weighted by Crippen LogP contribution is -2.23. The highest BCUT2D eigenvalue weighted by Crippen LogP contribution is 2.27. The molecule has 0 saturated carbocycles. The number of hydrogen-bond donors (Lipinski definition) is 1. The Balaban J connectivity index is 1.45. The Morgan fingerprint density at radius 3 is 2.68 bits per heavy atom. The Morgan fingerprint density at radius 2 is 2.00 bits per heavy atom. The standard InChI is InChI=1S/C24H22N6O3S/c1-15-16(2)30(11-17-7-5-4-6-8-17)22(19(15)9-25)28-21(31)13-33-24(32)20-14-34-23(27-20)18-10-26-29(3)12-18/h4-8,10,12,14H,11,13H2,1-3H3,(H,28,31). The largest absolute Gasteiger partial charge is 0.451 e. The molecule has 0 unspecified atom stereocenters. The van der Waals surface area contributed by atoms with Crippen LogP contribution < -0.4 is 5.32 Å². The highest BCUT2D eigenvalue weighted by molar-refractivity contribution is 7.13. The molecule has 4 aromatic rings. The third-order valence-corrected chi connectivity index (χ3v) is 6.27. The highest BCUT2D eigenvalue weighted by atomic mass is 32.1. The number of hydrogen-bond acceptors (Lipinski definition) is 7. The van der Waals surface area contributed by atoms with Crippen LogP contribution in [0.3, 0.4) is 0 Å². The van der Waals surface area contributed by atoms with Crippen LogP contribution in [-0.2, 0) is 23.1 Å². The van der Waals surface area contributed by atoms with Crippen LogP contribution >= 0.6 is 11.3 Å². The quantitative estimate of drug-likeness (QED) is 0.409. The van der Waals surface area contributed by atoms with Crippen molar-refractivity contribution in [3.8, 4) is 16.6 Å². The van der Waals surface area contributed by atoms with Crippen molar-refractivity contribution in [2.75, 3.05) is 11.9 Å². The third kappa shape index (κ3) is 4.74. The molecule has 10 heteroatoms. The SMILES string of the molecule is Cc1c(C#N)c(NC(=O)COC(=O)c2csc(-c3cnn(C)c3)n2)n(Cc2ccccc2)c1C. The fraction of sp³-hybridized carbons (Fsp3) is 0.208. The van der Waals surface area contributed by atoms with E-state index in [4.69, 9.17) is 4.74 Å². The number of nitrogens with one attached hydrogen (secondary N) is 1. The number of anilines is 1. The van der Waals surface area contributed by atoms with Gasteiger partial charge in [-0.05, 0) is 25.0 Å². The molecule has 34 heavy (non-hydrogen) atoms. The van der Waals surface area contributed by atoms with Crippen molar-refractivity contribution in [2.45, 2.75) is 20.4 Å². The minimum absolute atomic E-state index is 0.119. The van der Waals surface area contributed by atoms with Gasteiger partial charge in [0.1, 0.15) is 16.9 Å². The van der Waals surface area contributed by atoms with Gasteiger partial charge in [0.2, 0.25) is 0 Å². The zero-order valence-corrected chi connectivity index (χ0v) is 19.7. The van der Waals surface area contributed by atoms with Gasteiger partial charge in [0.15, 0.2) is 12.3 Å². The van der Waals surface area contributed by atoms with Crippen molar-refractivity contribution < 1.29 is 14.3 Å². The summed E-state index contributed by atoms with van der Waals surface area (Å²) in [5.74, 6) is -0.858. The van der Waals surface area contributed by atoms with E-state index in [2.05, 4.69) is 21.5 Å². The number of thiazole rings is 1. The van der Waals surface area contributed by atoms with Crippen LogP contribution in [-0.4, -0.2) is 37.8 Å². The smallest absolute Gasteiger partial charge is 0.358 e. The number of carbonyl (C=O) groups excluding carboxylic acids is 2. The van der Waals surface area contributed by atoms with E-state index in [1.54, 1.807) is 29.5 Å². The van der Waals surface area contributed by atoms with Crippen molar-refractivity contribution in [1.82, 2.24) is 19.3 Å². The topological polar surface area (TPSA) is 115 Å². The molecule has 1 N–H and O–H groups in total. The zero-order valence-electron chi connectivity index (χ0n) is 18.9. The van der Waals surface area contributed by atoms with Gasteiger partial charge < -0.3 is 14.6 Å². The van der Waals surface area contributed by atoms with Crippen molar-refractivity contribution in [3.05, 3.63) is 76.2 Å². The molecule has 3 heterocycles. The average Bonchev–Trinajstić information content (AvgIpc) is 3.54. The fourth-order valence-electron chi connectivity index (χ4n) is 3.50. The predicted octanol–water partition coefficient (Wildman–Crippen LogP) is 3.68. The molecule has 0 aliphatic rings.